The first-order valence-electron chi connectivity index (χ1n) is 19.5. The molecule has 0 fully saturated rings. The second-order valence-corrected chi connectivity index (χ2v) is 11.8. The number of furan rings is 1. The third kappa shape index (κ3) is 3.97. The highest BCUT2D eigenvalue weighted by Gasteiger charge is 2.18. The summed E-state index contributed by atoms with van der Waals surface area (Å²) in [4.78, 5) is 0. The zero-order valence-corrected chi connectivity index (χ0v) is 25.0. The minimum Gasteiger partial charge on any atom is -0.456 e. The van der Waals surface area contributed by atoms with E-state index in [1.54, 1.807) is 0 Å². The van der Waals surface area contributed by atoms with Crippen molar-refractivity contribution in [3.05, 3.63) is 170 Å². The van der Waals surface area contributed by atoms with Gasteiger partial charge in [-0.3, -0.25) is 0 Å². The fraction of sp³-hybridized carbons (Fsp3) is 0. The number of fused-ring (bicyclic) bond motifs is 8. The van der Waals surface area contributed by atoms with Gasteiger partial charge in [-0.05, 0) is 101 Å². The maximum atomic E-state index is 9.37. The van der Waals surface area contributed by atoms with Crippen LogP contribution in [0.4, 0.5) is 0 Å². The lowest BCUT2D eigenvalue weighted by atomic mass is 9.84. The van der Waals surface area contributed by atoms with Crippen LogP contribution in [0.3, 0.4) is 0 Å². The van der Waals surface area contributed by atoms with Gasteiger partial charge in [0.25, 0.3) is 0 Å². The van der Waals surface area contributed by atoms with Gasteiger partial charge in [-0.15, -0.1) is 0 Å². The first-order chi connectivity index (χ1) is 26.6. The maximum Gasteiger partial charge on any atom is 0.136 e. The third-order valence-electron chi connectivity index (χ3n) is 9.28. The van der Waals surface area contributed by atoms with E-state index in [0.29, 0.717) is 22.3 Å². The van der Waals surface area contributed by atoms with E-state index in [1.807, 2.05) is 103 Å². The zero-order chi connectivity index (χ0) is 37.9. The Kier molecular flexibility index (Phi) is 4.19. The van der Waals surface area contributed by atoms with Crippen LogP contribution in [0.15, 0.2) is 174 Å². The van der Waals surface area contributed by atoms with Crippen LogP contribution in [0, 0.1) is 0 Å². The smallest absolute Gasteiger partial charge is 0.136 e. The van der Waals surface area contributed by atoms with Gasteiger partial charge in [-0.1, -0.05) is 145 Å². The molecule has 0 aliphatic rings. The Labute approximate surface area is 283 Å². The van der Waals surface area contributed by atoms with Crippen molar-refractivity contribution in [3.63, 3.8) is 0 Å². The Morgan fingerprint density at radius 2 is 0.957 bits per heavy atom. The summed E-state index contributed by atoms with van der Waals surface area (Å²) in [6, 6.07) is 36.3. The Bertz CT molecular complexity index is 3220. The van der Waals surface area contributed by atoms with Crippen LogP contribution < -0.4 is 0 Å². The molecule has 0 amide bonds. The molecular formula is C46H28O. The van der Waals surface area contributed by atoms with E-state index in [4.69, 9.17) is 9.90 Å². The summed E-state index contributed by atoms with van der Waals surface area (Å²) in [5, 5.41) is 6.58. The minimum atomic E-state index is -0.427. The van der Waals surface area contributed by atoms with Gasteiger partial charge in [0, 0.05) is 10.8 Å². The first kappa shape index (κ1) is 19.4. The molecule has 0 N–H and O–H groups in total. The van der Waals surface area contributed by atoms with E-state index in [9.17, 15) is 5.48 Å². The second kappa shape index (κ2) is 10.2. The molecule has 0 aliphatic heterocycles. The predicted molar refractivity (Wildman–Crippen MR) is 200 cm³/mol. The van der Waals surface area contributed by atoms with Gasteiger partial charge < -0.3 is 4.42 Å². The Morgan fingerprint density at radius 1 is 0.383 bits per heavy atom. The van der Waals surface area contributed by atoms with Crippen molar-refractivity contribution in [2.45, 2.75) is 0 Å². The Hall–Kier alpha value is -6.18. The van der Waals surface area contributed by atoms with Crippen LogP contribution in [-0.4, -0.2) is 0 Å². The molecule has 9 aromatic carbocycles. The number of hydrogen-bond acceptors (Lipinski definition) is 1. The minimum absolute atomic E-state index is 0.186. The molecule has 0 saturated heterocycles. The fourth-order valence-corrected chi connectivity index (χ4v) is 7.21. The zero-order valence-electron chi connectivity index (χ0n) is 33.0. The van der Waals surface area contributed by atoms with Gasteiger partial charge in [-0.25, -0.2) is 0 Å². The van der Waals surface area contributed by atoms with Crippen LogP contribution in [0.25, 0.3) is 98.4 Å². The normalized spacial score (nSPS) is 14.2. The highest BCUT2D eigenvalue weighted by molar-refractivity contribution is 6.24. The van der Waals surface area contributed by atoms with E-state index in [-0.39, 0.29) is 45.7 Å². The molecule has 218 valence electrons. The molecule has 1 heterocycles. The van der Waals surface area contributed by atoms with Gasteiger partial charge in [0.15, 0.2) is 0 Å². The standard InChI is InChI=1S/C46H28O/c1-3-16-34-29(11-1)13-10-22-36(34)45-39-20-7-5-18-37(39)44(38-19-6-8-21-40(38)45)33-15-9-14-31(27-33)32-24-25-42-41(28-32)46-35-17-4-2-12-30(35)23-26-43(46)47-42/h1-28H/i5D,6D,7D,8D,18D,19D,20D,21D. The topological polar surface area (TPSA) is 13.1 Å². The van der Waals surface area contributed by atoms with Crippen molar-refractivity contribution < 1.29 is 15.4 Å². The molecule has 0 bridgehead atoms. The molecule has 0 unspecified atom stereocenters. The van der Waals surface area contributed by atoms with E-state index in [1.165, 1.54) is 0 Å². The van der Waals surface area contributed by atoms with Crippen molar-refractivity contribution in [1.29, 1.82) is 0 Å². The summed E-state index contributed by atoms with van der Waals surface area (Å²) in [6.07, 6.45) is 0. The van der Waals surface area contributed by atoms with Crippen LogP contribution in [0.2, 0.25) is 0 Å². The predicted octanol–water partition coefficient (Wildman–Crippen LogP) is 13.2. The van der Waals surface area contributed by atoms with Gasteiger partial charge in [0.1, 0.15) is 11.2 Å². The number of hydrogen-bond donors (Lipinski definition) is 0. The Balaban J connectivity index is 1.34. The first-order valence-corrected chi connectivity index (χ1v) is 15.5. The van der Waals surface area contributed by atoms with Crippen molar-refractivity contribution in [3.8, 4) is 33.4 Å². The molecule has 0 spiro atoms. The van der Waals surface area contributed by atoms with E-state index >= 15 is 0 Å². The molecule has 10 aromatic rings. The van der Waals surface area contributed by atoms with Crippen LogP contribution in [0.1, 0.15) is 11.0 Å². The van der Waals surface area contributed by atoms with Crippen molar-refractivity contribution in [2.24, 2.45) is 0 Å². The molecule has 0 atom stereocenters. The summed E-state index contributed by atoms with van der Waals surface area (Å²) in [7, 11) is 0. The average Bonchev–Trinajstić information content (AvgIpc) is 3.61. The number of rotatable bonds is 3. The lowest BCUT2D eigenvalue weighted by molar-refractivity contribution is 0.669. The molecule has 1 heteroatoms. The summed E-state index contributed by atoms with van der Waals surface area (Å²) in [5.74, 6) is 0. The molecular weight excluding hydrogens is 569 g/mol. The molecule has 0 saturated carbocycles. The molecule has 47 heavy (non-hydrogen) atoms. The number of benzene rings is 9. The van der Waals surface area contributed by atoms with Crippen molar-refractivity contribution >= 4 is 65.0 Å². The highest BCUT2D eigenvalue weighted by atomic mass is 16.3. The molecule has 1 nitrogen and oxygen atoms in total. The summed E-state index contributed by atoms with van der Waals surface area (Å²) in [6.45, 7) is 0. The highest BCUT2D eigenvalue weighted by Crippen LogP contribution is 2.46. The summed E-state index contributed by atoms with van der Waals surface area (Å²) < 4.78 is 78.9. The van der Waals surface area contributed by atoms with E-state index in [0.717, 1.165) is 54.6 Å². The van der Waals surface area contributed by atoms with Gasteiger partial charge >= 0.3 is 0 Å². The monoisotopic (exact) mass is 604 g/mol. The summed E-state index contributed by atoms with van der Waals surface area (Å²) in [5.41, 5.74) is 5.04. The van der Waals surface area contributed by atoms with Crippen molar-refractivity contribution in [1.82, 2.24) is 0 Å². The molecule has 0 radical (unpaired) electrons. The lowest BCUT2D eigenvalue weighted by Gasteiger charge is -2.19. The maximum absolute atomic E-state index is 9.37. The lowest BCUT2D eigenvalue weighted by Crippen LogP contribution is -1.92. The van der Waals surface area contributed by atoms with Crippen LogP contribution in [0.5, 0.6) is 0 Å². The second-order valence-electron chi connectivity index (χ2n) is 11.8. The van der Waals surface area contributed by atoms with Crippen LogP contribution in [-0.2, 0) is 0 Å². The van der Waals surface area contributed by atoms with E-state index in [2.05, 4.69) is 18.2 Å². The molecule has 1 aromatic heterocycles. The molecule has 0 aliphatic carbocycles. The van der Waals surface area contributed by atoms with Gasteiger partial charge in [0.05, 0.1) is 11.0 Å². The average molecular weight is 605 g/mol. The Morgan fingerprint density at radius 3 is 1.72 bits per heavy atom. The van der Waals surface area contributed by atoms with Crippen LogP contribution >= 0.6 is 0 Å². The quantitative estimate of drug-likeness (QED) is 0.183. The van der Waals surface area contributed by atoms with Crippen molar-refractivity contribution in [2.75, 3.05) is 0 Å². The summed E-state index contributed by atoms with van der Waals surface area (Å²) >= 11 is 0. The van der Waals surface area contributed by atoms with Gasteiger partial charge in [0.2, 0.25) is 0 Å². The van der Waals surface area contributed by atoms with Gasteiger partial charge in [-0.2, -0.15) is 0 Å². The third-order valence-corrected chi connectivity index (χ3v) is 9.28. The largest absolute Gasteiger partial charge is 0.456 e. The molecule has 10 rings (SSSR count). The van der Waals surface area contributed by atoms with E-state index < -0.39 is 24.2 Å². The fourth-order valence-electron chi connectivity index (χ4n) is 7.21. The SMILES string of the molecule is [2H]c1c([2H])c([2H])c2c(-c3cccc4ccccc34)c3c([2H])c([2H])c([2H])c([2H])c3c(-c3cccc(-c4ccc5oc6ccc7ccccc7c6c5c4)c3)c2c1[2H].